The number of aromatic hydroxyl groups is 2. The average Bonchev–Trinajstić information content (AvgIpc) is 2.81. The zero-order valence-electron chi connectivity index (χ0n) is 17.0. The molecule has 10 heteroatoms. The van der Waals surface area contributed by atoms with Crippen molar-refractivity contribution in [2.45, 2.75) is 5.16 Å². The minimum Gasteiger partial charge on any atom is -0.504 e. The first-order chi connectivity index (χ1) is 15.9. The number of carbonyl (C=O) groups excluding carboxylic acids is 1. The maximum absolute atomic E-state index is 13.2. The second-order valence-electron chi connectivity index (χ2n) is 6.86. The molecule has 33 heavy (non-hydrogen) atoms. The second kappa shape index (κ2) is 9.88. The Morgan fingerprint density at radius 2 is 1.85 bits per heavy atom. The largest absolute Gasteiger partial charge is 0.504 e. The van der Waals surface area contributed by atoms with Crippen molar-refractivity contribution in [2.75, 3.05) is 5.75 Å². The Labute approximate surface area is 200 Å². The van der Waals surface area contributed by atoms with Crippen LogP contribution in [-0.2, 0) is 4.79 Å². The molecule has 0 saturated heterocycles. The number of halogens is 1. The minimum absolute atomic E-state index is 0.0283. The number of phenols is 2. The highest BCUT2D eigenvalue weighted by atomic mass is 79.9. The average molecular weight is 525 g/mol. The number of fused-ring (bicyclic) bond motifs is 1. The molecule has 0 saturated carbocycles. The lowest BCUT2D eigenvalue weighted by Gasteiger charge is -2.13. The number of hydrazone groups is 1. The van der Waals surface area contributed by atoms with Crippen LogP contribution in [-0.4, -0.2) is 37.6 Å². The number of benzene rings is 3. The van der Waals surface area contributed by atoms with Gasteiger partial charge >= 0.3 is 0 Å². The van der Waals surface area contributed by atoms with Crippen LogP contribution in [0.2, 0.25) is 0 Å². The maximum Gasteiger partial charge on any atom is 0.266 e. The number of nitrogens with one attached hydrogen (secondary N) is 1. The summed E-state index contributed by atoms with van der Waals surface area (Å²) in [5.74, 6) is -0.954. The third kappa shape index (κ3) is 5.24. The Hall–Kier alpha value is -3.63. The van der Waals surface area contributed by atoms with Gasteiger partial charge in [-0.25, -0.2) is 10.4 Å². The van der Waals surface area contributed by atoms with Gasteiger partial charge < -0.3 is 10.2 Å². The van der Waals surface area contributed by atoms with E-state index in [1.165, 1.54) is 29.0 Å². The highest BCUT2D eigenvalue weighted by Gasteiger charge is 2.14. The molecule has 0 atom stereocenters. The highest BCUT2D eigenvalue weighted by Crippen LogP contribution is 2.24. The number of rotatable bonds is 6. The van der Waals surface area contributed by atoms with Crippen molar-refractivity contribution in [1.29, 1.82) is 0 Å². The van der Waals surface area contributed by atoms with Crippen molar-refractivity contribution in [3.05, 3.63) is 87.1 Å². The fraction of sp³-hybridized carbons (Fsp3) is 0.0435. The number of nitrogens with zero attached hydrogens (tertiary/aromatic N) is 3. The summed E-state index contributed by atoms with van der Waals surface area (Å²) < 4.78 is 2.36. The molecule has 0 unspecified atom stereocenters. The van der Waals surface area contributed by atoms with E-state index in [9.17, 15) is 19.8 Å². The molecular formula is C23H17BrN4O4S. The number of phenolic OH excluding ortho intramolecular Hbond substituents is 2. The third-order valence-corrected chi connectivity index (χ3v) is 6.03. The van der Waals surface area contributed by atoms with E-state index in [4.69, 9.17) is 0 Å². The van der Waals surface area contributed by atoms with Crippen LogP contribution in [0.25, 0.3) is 16.6 Å². The molecule has 0 aliphatic heterocycles. The van der Waals surface area contributed by atoms with E-state index >= 15 is 0 Å². The quantitative estimate of drug-likeness (QED) is 0.116. The molecule has 1 aromatic heterocycles. The fourth-order valence-electron chi connectivity index (χ4n) is 2.99. The van der Waals surface area contributed by atoms with Gasteiger partial charge in [-0.3, -0.25) is 14.2 Å². The number of hydrogen-bond donors (Lipinski definition) is 3. The van der Waals surface area contributed by atoms with Gasteiger partial charge in [0.25, 0.3) is 11.5 Å². The van der Waals surface area contributed by atoms with E-state index in [0.29, 0.717) is 27.3 Å². The number of carbonyl (C=O) groups is 1. The molecule has 3 aromatic carbocycles. The van der Waals surface area contributed by atoms with Gasteiger partial charge in [0.15, 0.2) is 16.7 Å². The topological polar surface area (TPSA) is 117 Å². The number of amides is 1. The van der Waals surface area contributed by atoms with Crippen molar-refractivity contribution in [2.24, 2.45) is 5.10 Å². The predicted octanol–water partition coefficient (Wildman–Crippen LogP) is 3.80. The summed E-state index contributed by atoms with van der Waals surface area (Å²) in [5.41, 5.74) is 3.85. The first kappa shape index (κ1) is 22.6. The smallest absolute Gasteiger partial charge is 0.266 e. The minimum atomic E-state index is -0.399. The molecule has 8 nitrogen and oxygen atoms in total. The van der Waals surface area contributed by atoms with Crippen molar-refractivity contribution in [1.82, 2.24) is 15.0 Å². The molecule has 4 aromatic rings. The van der Waals surface area contributed by atoms with Crippen molar-refractivity contribution in [3.8, 4) is 17.2 Å². The summed E-state index contributed by atoms with van der Waals surface area (Å²) in [6.45, 7) is 0. The molecule has 0 aliphatic rings. The van der Waals surface area contributed by atoms with Crippen LogP contribution in [0.4, 0.5) is 0 Å². The van der Waals surface area contributed by atoms with Crippen molar-refractivity contribution < 1.29 is 15.0 Å². The van der Waals surface area contributed by atoms with Crippen LogP contribution in [0.5, 0.6) is 11.5 Å². The first-order valence-electron chi connectivity index (χ1n) is 9.67. The van der Waals surface area contributed by atoms with Gasteiger partial charge in [-0.2, -0.15) is 5.10 Å². The van der Waals surface area contributed by atoms with E-state index < -0.39 is 5.91 Å². The summed E-state index contributed by atoms with van der Waals surface area (Å²) in [6.07, 6.45) is 1.34. The number of aromatic nitrogens is 2. The van der Waals surface area contributed by atoms with E-state index in [2.05, 4.69) is 31.4 Å². The van der Waals surface area contributed by atoms with Crippen LogP contribution in [0.1, 0.15) is 5.56 Å². The summed E-state index contributed by atoms with van der Waals surface area (Å²) >= 11 is 4.51. The molecule has 166 valence electrons. The SMILES string of the molecule is O=C(CSc1nc2ccccc2c(=O)n1-c1ccc(Br)cc1)NN=Cc1ccc(O)c(O)c1. The number of hydrogen-bond acceptors (Lipinski definition) is 7. The highest BCUT2D eigenvalue weighted by molar-refractivity contribution is 9.10. The van der Waals surface area contributed by atoms with E-state index in [1.54, 1.807) is 36.4 Å². The van der Waals surface area contributed by atoms with Gasteiger partial charge in [0, 0.05) is 4.47 Å². The fourth-order valence-corrected chi connectivity index (χ4v) is 4.06. The van der Waals surface area contributed by atoms with Crippen LogP contribution < -0.4 is 11.0 Å². The normalized spacial score (nSPS) is 11.2. The van der Waals surface area contributed by atoms with E-state index in [-0.39, 0.29) is 22.8 Å². The summed E-state index contributed by atoms with van der Waals surface area (Å²) in [5, 5.41) is 23.6. The Bertz CT molecular complexity index is 1420. The Morgan fingerprint density at radius 3 is 2.61 bits per heavy atom. The lowest BCUT2D eigenvalue weighted by Crippen LogP contribution is -2.24. The lowest BCUT2D eigenvalue weighted by atomic mass is 10.2. The lowest BCUT2D eigenvalue weighted by molar-refractivity contribution is -0.118. The van der Waals surface area contributed by atoms with Crippen molar-refractivity contribution >= 4 is 50.7 Å². The third-order valence-electron chi connectivity index (χ3n) is 4.56. The number of para-hydroxylation sites is 1. The van der Waals surface area contributed by atoms with Gasteiger partial charge in [0.1, 0.15) is 0 Å². The molecule has 1 heterocycles. The molecule has 0 bridgehead atoms. The molecule has 0 aliphatic carbocycles. The Kier molecular flexibility index (Phi) is 6.76. The molecule has 3 N–H and O–H groups in total. The zero-order chi connectivity index (χ0) is 23.4. The van der Waals surface area contributed by atoms with Gasteiger partial charge in [0.2, 0.25) is 0 Å². The number of thioether (sulfide) groups is 1. The van der Waals surface area contributed by atoms with Crippen LogP contribution in [0, 0.1) is 0 Å². The first-order valence-corrected chi connectivity index (χ1v) is 11.4. The molecular weight excluding hydrogens is 508 g/mol. The van der Waals surface area contributed by atoms with Gasteiger partial charge in [-0.15, -0.1) is 0 Å². The standard InChI is InChI=1S/C23H17BrN4O4S/c24-15-6-8-16(9-7-15)28-22(32)17-3-1-2-4-18(17)26-23(28)33-13-21(31)27-25-12-14-5-10-19(29)20(30)11-14/h1-12,29-30H,13H2,(H,27,31). The van der Waals surface area contributed by atoms with Gasteiger partial charge in [-0.05, 0) is 60.2 Å². The molecule has 0 fully saturated rings. The molecule has 0 spiro atoms. The maximum atomic E-state index is 13.2. The molecule has 1 amide bonds. The van der Waals surface area contributed by atoms with Gasteiger partial charge in [0.05, 0.1) is 28.6 Å². The van der Waals surface area contributed by atoms with Crippen molar-refractivity contribution in [3.63, 3.8) is 0 Å². The summed E-state index contributed by atoms with van der Waals surface area (Å²) in [6, 6.07) is 18.5. The Morgan fingerprint density at radius 1 is 1.09 bits per heavy atom. The van der Waals surface area contributed by atoms with Gasteiger partial charge in [-0.1, -0.05) is 39.8 Å². The van der Waals surface area contributed by atoms with E-state index in [0.717, 1.165) is 16.2 Å². The monoisotopic (exact) mass is 524 g/mol. The summed E-state index contributed by atoms with van der Waals surface area (Å²) in [4.78, 5) is 30.1. The predicted molar refractivity (Wildman–Crippen MR) is 131 cm³/mol. The van der Waals surface area contributed by atoms with Crippen LogP contribution in [0.3, 0.4) is 0 Å². The second-order valence-corrected chi connectivity index (χ2v) is 8.72. The van der Waals surface area contributed by atoms with Crippen LogP contribution >= 0.6 is 27.7 Å². The Balaban J connectivity index is 1.55. The summed E-state index contributed by atoms with van der Waals surface area (Å²) in [7, 11) is 0. The molecule has 4 rings (SSSR count). The van der Waals surface area contributed by atoms with Crippen LogP contribution in [0.15, 0.2) is 86.3 Å². The van der Waals surface area contributed by atoms with E-state index in [1.807, 2.05) is 12.1 Å². The molecule has 0 radical (unpaired) electrons. The zero-order valence-corrected chi connectivity index (χ0v) is 19.4.